The van der Waals surface area contributed by atoms with E-state index in [9.17, 15) is 30.0 Å². The summed E-state index contributed by atoms with van der Waals surface area (Å²) in [5.41, 5.74) is 0.566. The Morgan fingerprint density at radius 2 is 1.55 bits per heavy atom. The molecule has 1 heterocycles. The van der Waals surface area contributed by atoms with Crippen LogP contribution in [0.5, 0.6) is 17.2 Å². The third-order valence-electron chi connectivity index (χ3n) is 5.36. The van der Waals surface area contributed by atoms with Crippen molar-refractivity contribution in [2.75, 3.05) is 0 Å². The number of nitrogens with one attached hydrogen (secondary N) is 1. The fraction of sp³-hybridized carbons (Fsp3) is 0.120. The standard InChI is InChI=1S/C25H21NO7/c27-18-12-19(15-9-5-2-6-10-15)33-24-16(21(28)23(30)22(29)20(18)24)13-26-17(25(31)32)11-14-7-3-1-4-8-14/h1-10,12,17,26,28-30H,11,13H2,(H,31,32). The first-order valence-corrected chi connectivity index (χ1v) is 10.2. The van der Waals surface area contributed by atoms with E-state index in [0.29, 0.717) is 5.56 Å². The number of carboxylic acids is 1. The van der Waals surface area contributed by atoms with Gasteiger partial charge in [-0.25, -0.2) is 0 Å². The Hall–Kier alpha value is -4.30. The Morgan fingerprint density at radius 1 is 0.909 bits per heavy atom. The lowest BCUT2D eigenvalue weighted by atomic mass is 10.0. The monoisotopic (exact) mass is 447 g/mol. The van der Waals surface area contributed by atoms with Crippen LogP contribution in [0.15, 0.2) is 75.9 Å². The van der Waals surface area contributed by atoms with Crippen molar-refractivity contribution in [1.82, 2.24) is 5.32 Å². The summed E-state index contributed by atoms with van der Waals surface area (Å²) in [6, 6.07) is 17.9. The minimum atomic E-state index is -1.11. The summed E-state index contributed by atoms with van der Waals surface area (Å²) in [6.45, 7) is -0.249. The van der Waals surface area contributed by atoms with Gasteiger partial charge in [-0.3, -0.25) is 14.9 Å². The lowest BCUT2D eigenvalue weighted by molar-refractivity contribution is -0.139. The maximum atomic E-state index is 12.8. The topological polar surface area (TPSA) is 140 Å². The highest BCUT2D eigenvalue weighted by molar-refractivity contribution is 5.92. The van der Waals surface area contributed by atoms with Crippen molar-refractivity contribution in [3.63, 3.8) is 0 Å². The van der Waals surface area contributed by atoms with Gasteiger partial charge in [-0.15, -0.1) is 0 Å². The molecule has 0 radical (unpaired) electrons. The number of hydrogen-bond donors (Lipinski definition) is 5. The molecule has 0 aliphatic carbocycles. The van der Waals surface area contributed by atoms with Gasteiger partial charge < -0.3 is 24.8 Å². The van der Waals surface area contributed by atoms with E-state index in [1.54, 1.807) is 54.6 Å². The van der Waals surface area contributed by atoms with Gasteiger partial charge in [-0.1, -0.05) is 60.7 Å². The average Bonchev–Trinajstić information content (AvgIpc) is 2.82. The largest absolute Gasteiger partial charge is 0.504 e. The summed E-state index contributed by atoms with van der Waals surface area (Å²) in [7, 11) is 0. The van der Waals surface area contributed by atoms with Crippen molar-refractivity contribution in [2.45, 2.75) is 19.0 Å². The molecule has 0 saturated heterocycles. The van der Waals surface area contributed by atoms with Gasteiger partial charge in [0.25, 0.3) is 0 Å². The van der Waals surface area contributed by atoms with E-state index in [1.165, 1.54) is 6.07 Å². The second-order valence-electron chi connectivity index (χ2n) is 7.53. The van der Waals surface area contributed by atoms with Crippen LogP contribution < -0.4 is 10.7 Å². The van der Waals surface area contributed by atoms with Gasteiger partial charge in [0, 0.05) is 18.2 Å². The van der Waals surface area contributed by atoms with Crippen LogP contribution >= 0.6 is 0 Å². The van der Waals surface area contributed by atoms with Crippen LogP contribution in [-0.2, 0) is 17.8 Å². The molecule has 33 heavy (non-hydrogen) atoms. The van der Waals surface area contributed by atoms with E-state index in [4.69, 9.17) is 4.42 Å². The summed E-state index contributed by atoms with van der Waals surface area (Å²) < 4.78 is 5.87. The molecule has 0 spiro atoms. The Bertz CT molecular complexity index is 1360. The Labute approximate surface area is 188 Å². The summed E-state index contributed by atoms with van der Waals surface area (Å²) >= 11 is 0. The molecule has 0 aliphatic heterocycles. The van der Waals surface area contributed by atoms with E-state index >= 15 is 0 Å². The zero-order chi connectivity index (χ0) is 23.5. The van der Waals surface area contributed by atoms with Crippen LogP contribution in [0.4, 0.5) is 0 Å². The fourth-order valence-corrected chi connectivity index (χ4v) is 3.64. The third-order valence-corrected chi connectivity index (χ3v) is 5.36. The van der Waals surface area contributed by atoms with E-state index in [2.05, 4.69) is 5.32 Å². The summed E-state index contributed by atoms with van der Waals surface area (Å²) in [6.07, 6.45) is 0.165. The number of benzene rings is 3. The molecule has 1 unspecified atom stereocenters. The molecular formula is C25H21NO7. The summed E-state index contributed by atoms with van der Waals surface area (Å²) in [5, 5.41) is 43.1. The van der Waals surface area contributed by atoms with E-state index < -0.39 is 34.7 Å². The van der Waals surface area contributed by atoms with E-state index in [-0.39, 0.29) is 35.3 Å². The number of aromatic hydroxyl groups is 3. The zero-order valence-corrected chi connectivity index (χ0v) is 17.4. The van der Waals surface area contributed by atoms with Gasteiger partial charge >= 0.3 is 5.97 Å². The van der Waals surface area contributed by atoms with Gasteiger partial charge in [-0.05, 0) is 12.0 Å². The molecule has 5 N–H and O–H groups in total. The molecule has 0 bridgehead atoms. The van der Waals surface area contributed by atoms with Gasteiger partial charge in [0.05, 0.1) is 5.56 Å². The molecule has 8 heteroatoms. The van der Waals surface area contributed by atoms with Crippen molar-refractivity contribution >= 4 is 16.9 Å². The molecule has 0 saturated carbocycles. The molecule has 0 aliphatic rings. The second kappa shape index (κ2) is 9.05. The highest BCUT2D eigenvalue weighted by Crippen LogP contribution is 2.44. The van der Waals surface area contributed by atoms with Crippen molar-refractivity contribution in [1.29, 1.82) is 0 Å². The first kappa shape index (κ1) is 21.9. The first-order valence-electron chi connectivity index (χ1n) is 10.2. The second-order valence-corrected chi connectivity index (χ2v) is 7.53. The number of phenols is 3. The number of hydrogen-bond acceptors (Lipinski definition) is 7. The van der Waals surface area contributed by atoms with Crippen LogP contribution in [0, 0.1) is 0 Å². The van der Waals surface area contributed by atoms with E-state index in [1.807, 2.05) is 6.07 Å². The van der Waals surface area contributed by atoms with Crippen LogP contribution in [-0.4, -0.2) is 32.4 Å². The third kappa shape index (κ3) is 4.37. The van der Waals surface area contributed by atoms with Crippen molar-refractivity contribution in [3.8, 4) is 28.6 Å². The van der Waals surface area contributed by atoms with Crippen LogP contribution in [0.3, 0.4) is 0 Å². The minimum absolute atomic E-state index is 0.0468. The predicted molar refractivity (Wildman–Crippen MR) is 121 cm³/mol. The Kier molecular flexibility index (Phi) is 6.01. The maximum absolute atomic E-state index is 12.8. The van der Waals surface area contributed by atoms with Crippen LogP contribution in [0.2, 0.25) is 0 Å². The van der Waals surface area contributed by atoms with Gasteiger partial charge in [0.2, 0.25) is 5.75 Å². The summed E-state index contributed by atoms with van der Waals surface area (Å²) in [5.74, 6) is -3.31. The van der Waals surface area contributed by atoms with Crippen LogP contribution in [0.1, 0.15) is 11.1 Å². The SMILES string of the molecule is O=C(O)C(Cc1ccccc1)NCc1c(O)c(O)c(O)c2c(=O)cc(-c3ccccc3)oc12. The summed E-state index contributed by atoms with van der Waals surface area (Å²) in [4.78, 5) is 24.6. The lowest BCUT2D eigenvalue weighted by Crippen LogP contribution is -2.38. The highest BCUT2D eigenvalue weighted by Gasteiger charge is 2.25. The molecule has 4 aromatic rings. The van der Waals surface area contributed by atoms with Gasteiger partial charge in [0.1, 0.15) is 17.2 Å². The number of carbonyl (C=O) groups is 1. The molecule has 3 aromatic carbocycles. The quantitative estimate of drug-likeness (QED) is 0.272. The maximum Gasteiger partial charge on any atom is 0.321 e. The predicted octanol–water partition coefficient (Wildman–Crippen LogP) is 3.36. The van der Waals surface area contributed by atoms with Gasteiger partial charge in [-0.2, -0.15) is 0 Å². The average molecular weight is 447 g/mol. The number of phenolic OH excluding ortho intramolecular Hbond substituents is 3. The highest BCUT2D eigenvalue weighted by atomic mass is 16.4. The lowest BCUT2D eigenvalue weighted by Gasteiger charge is -2.17. The molecule has 4 rings (SSSR count). The molecule has 8 nitrogen and oxygen atoms in total. The van der Waals surface area contributed by atoms with E-state index in [0.717, 1.165) is 5.56 Å². The number of carboxylic acid groups (broad SMARTS) is 1. The van der Waals surface area contributed by atoms with Crippen molar-refractivity contribution in [2.24, 2.45) is 0 Å². The first-order chi connectivity index (χ1) is 15.9. The minimum Gasteiger partial charge on any atom is -0.504 e. The molecule has 0 fully saturated rings. The normalized spacial score (nSPS) is 12.0. The number of fused-ring (bicyclic) bond motifs is 1. The zero-order valence-electron chi connectivity index (χ0n) is 17.4. The fourth-order valence-electron chi connectivity index (χ4n) is 3.64. The van der Waals surface area contributed by atoms with Crippen molar-refractivity contribution < 1.29 is 29.6 Å². The molecule has 1 atom stereocenters. The van der Waals surface area contributed by atoms with Crippen molar-refractivity contribution in [3.05, 3.63) is 88.1 Å². The Morgan fingerprint density at radius 3 is 2.18 bits per heavy atom. The smallest absolute Gasteiger partial charge is 0.321 e. The van der Waals surface area contributed by atoms with Crippen LogP contribution in [0.25, 0.3) is 22.3 Å². The molecule has 0 amide bonds. The molecule has 168 valence electrons. The molecular weight excluding hydrogens is 426 g/mol. The Balaban J connectivity index is 1.78. The van der Waals surface area contributed by atoms with Gasteiger partial charge in [0.15, 0.2) is 22.5 Å². The molecule has 1 aromatic heterocycles. The number of aliphatic carboxylic acids is 1. The number of rotatable bonds is 7.